The maximum atomic E-state index is 12.1. The average Bonchev–Trinajstić information content (AvgIpc) is 3.17. The van der Waals surface area contributed by atoms with Gasteiger partial charge >= 0.3 is 0 Å². The van der Waals surface area contributed by atoms with Crippen LogP contribution in [-0.4, -0.2) is 46.5 Å². The number of likely N-dealkylation sites (tertiary alicyclic amines) is 1. The van der Waals surface area contributed by atoms with Gasteiger partial charge in [0.05, 0.1) is 17.8 Å². The summed E-state index contributed by atoms with van der Waals surface area (Å²) in [6, 6.07) is 6.03. The van der Waals surface area contributed by atoms with Crippen LogP contribution < -0.4 is 5.32 Å². The van der Waals surface area contributed by atoms with Crippen molar-refractivity contribution in [2.45, 2.75) is 25.8 Å². The van der Waals surface area contributed by atoms with Crippen molar-refractivity contribution in [2.75, 3.05) is 19.6 Å². The summed E-state index contributed by atoms with van der Waals surface area (Å²) in [5, 5.41) is 5.91. The van der Waals surface area contributed by atoms with E-state index in [2.05, 4.69) is 27.1 Å². The highest BCUT2D eigenvalue weighted by Crippen LogP contribution is 2.21. The van der Waals surface area contributed by atoms with Gasteiger partial charge in [0.1, 0.15) is 5.01 Å². The molecule has 3 rings (SSSR count). The van der Waals surface area contributed by atoms with E-state index in [9.17, 15) is 4.79 Å². The SMILES string of the molecule is CCN1CC[C@@H](NC(=O)Cc2csc(-c3ccccn3)n2)C1. The van der Waals surface area contributed by atoms with Crippen molar-refractivity contribution in [3.05, 3.63) is 35.5 Å². The maximum absolute atomic E-state index is 12.1. The fourth-order valence-corrected chi connectivity index (χ4v) is 3.47. The van der Waals surface area contributed by atoms with E-state index < -0.39 is 0 Å². The van der Waals surface area contributed by atoms with E-state index in [-0.39, 0.29) is 11.9 Å². The molecule has 0 spiro atoms. The van der Waals surface area contributed by atoms with Crippen LogP contribution in [0.3, 0.4) is 0 Å². The van der Waals surface area contributed by atoms with Crippen molar-refractivity contribution in [3.63, 3.8) is 0 Å². The second-order valence-corrected chi connectivity index (χ2v) is 6.34. The summed E-state index contributed by atoms with van der Waals surface area (Å²) in [6.45, 7) is 5.23. The molecule has 1 N–H and O–H groups in total. The number of amides is 1. The van der Waals surface area contributed by atoms with Gasteiger partial charge in [-0.25, -0.2) is 4.98 Å². The van der Waals surface area contributed by atoms with Crippen LogP contribution in [0.1, 0.15) is 19.0 Å². The monoisotopic (exact) mass is 316 g/mol. The Bertz CT molecular complexity index is 628. The van der Waals surface area contributed by atoms with Gasteiger partial charge in [-0.1, -0.05) is 13.0 Å². The van der Waals surface area contributed by atoms with E-state index in [1.54, 1.807) is 6.20 Å². The van der Waals surface area contributed by atoms with Gasteiger partial charge in [-0.15, -0.1) is 11.3 Å². The average molecular weight is 316 g/mol. The van der Waals surface area contributed by atoms with E-state index in [0.29, 0.717) is 6.42 Å². The van der Waals surface area contributed by atoms with Crippen LogP contribution in [0.15, 0.2) is 29.8 Å². The molecular weight excluding hydrogens is 296 g/mol. The molecule has 0 aliphatic carbocycles. The number of nitrogens with one attached hydrogen (secondary N) is 1. The highest BCUT2D eigenvalue weighted by molar-refractivity contribution is 7.13. The van der Waals surface area contributed by atoms with Gasteiger partial charge in [0.25, 0.3) is 0 Å². The lowest BCUT2D eigenvalue weighted by Gasteiger charge is -2.14. The van der Waals surface area contributed by atoms with Crippen molar-refractivity contribution >= 4 is 17.2 Å². The summed E-state index contributed by atoms with van der Waals surface area (Å²) in [5.41, 5.74) is 1.67. The van der Waals surface area contributed by atoms with Crippen LogP contribution in [0, 0.1) is 0 Å². The third kappa shape index (κ3) is 3.69. The summed E-state index contributed by atoms with van der Waals surface area (Å²) in [5.74, 6) is 0.0563. The Kier molecular flexibility index (Phi) is 4.80. The molecule has 0 unspecified atom stereocenters. The van der Waals surface area contributed by atoms with Gasteiger partial charge in [-0.2, -0.15) is 0 Å². The zero-order valence-corrected chi connectivity index (χ0v) is 13.5. The Morgan fingerprint density at radius 2 is 2.41 bits per heavy atom. The molecule has 3 heterocycles. The molecule has 116 valence electrons. The van der Waals surface area contributed by atoms with Crippen LogP contribution in [-0.2, 0) is 11.2 Å². The topological polar surface area (TPSA) is 58.1 Å². The van der Waals surface area contributed by atoms with Gasteiger partial charge in [-0.05, 0) is 25.1 Å². The standard InChI is InChI=1S/C16H20N4OS/c1-2-20-8-6-12(10-20)18-15(21)9-13-11-22-16(19-13)14-5-3-4-7-17-14/h3-5,7,11-12H,2,6,8-10H2,1H3,(H,18,21)/t12-/m1/s1. The lowest BCUT2D eigenvalue weighted by Crippen LogP contribution is -2.37. The van der Waals surface area contributed by atoms with E-state index >= 15 is 0 Å². The van der Waals surface area contributed by atoms with Crippen molar-refractivity contribution in [2.24, 2.45) is 0 Å². The number of nitrogens with zero attached hydrogens (tertiary/aromatic N) is 3. The Labute approximate surface area is 134 Å². The van der Waals surface area contributed by atoms with Crippen molar-refractivity contribution in [1.29, 1.82) is 0 Å². The molecule has 1 fully saturated rings. The molecule has 0 saturated carbocycles. The molecule has 2 aromatic heterocycles. The quantitative estimate of drug-likeness (QED) is 0.916. The molecule has 6 heteroatoms. The number of rotatable bonds is 5. The first-order chi connectivity index (χ1) is 10.7. The van der Waals surface area contributed by atoms with E-state index in [1.807, 2.05) is 23.6 Å². The number of thiazole rings is 1. The normalized spacial score (nSPS) is 18.5. The highest BCUT2D eigenvalue weighted by atomic mass is 32.1. The number of likely N-dealkylation sites (N-methyl/N-ethyl adjacent to an activating group) is 1. The summed E-state index contributed by atoms with van der Waals surface area (Å²) < 4.78 is 0. The zero-order valence-electron chi connectivity index (χ0n) is 12.7. The first-order valence-electron chi connectivity index (χ1n) is 7.62. The second-order valence-electron chi connectivity index (χ2n) is 5.48. The van der Waals surface area contributed by atoms with Crippen LogP contribution in [0.4, 0.5) is 0 Å². The second kappa shape index (κ2) is 6.98. The summed E-state index contributed by atoms with van der Waals surface area (Å²) in [4.78, 5) is 23.3. The Hall–Kier alpha value is -1.79. The number of aromatic nitrogens is 2. The van der Waals surface area contributed by atoms with Crippen molar-refractivity contribution in [1.82, 2.24) is 20.2 Å². The number of hydrogen-bond acceptors (Lipinski definition) is 5. The highest BCUT2D eigenvalue weighted by Gasteiger charge is 2.22. The van der Waals surface area contributed by atoms with Crippen molar-refractivity contribution in [3.8, 4) is 10.7 Å². The van der Waals surface area contributed by atoms with Crippen LogP contribution in [0.25, 0.3) is 10.7 Å². The molecule has 0 radical (unpaired) electrons. The van der Waals surface area contributed by atoms with Gasteiger partial charge < -0.3 is 10.2 Å². The van der Waals surface area contributed by atoms with Crippen LogP contribution in [0.2, 0.25) is 0 Å². The van der Waals surface area contributed by atoms with Gasteiger partial charge in [0.2, 0.25) is 5.91 Å². The fraction of sp³-hybridized carbons (Fsp3) is 0.438. The molecule has 0 bridgehead atoms. The number of pyridine rings is 1. The molecule has 0 aromatic carbocycles. The molecule has 2 aromatic rings. The summed E-state index contributed by atoms with van der Waals surface area (Å²) in [6.07, 6.45) is 3.13. The minimum atomic E-state index is 0.0563. The van der Waals surface area contributed by atoms with Crippen LogP contribution in [0.5, 0.6) is 0 Å². The predicted molar refractivity (Wildman–Crippen MR) is 87.7 cm³/mol. The van der Waals surface area contributed by atoms with E-state index in [1.165, 1.54) is 11.3 Å². The number of carbonyl (C=O) groups excluding carboxylic acids is 1. The summed E-state index contributed by atoms with van der Waals surface area (Å²) in [7, 11) is 0. The molecule has 1 amide bonds. The number of hydrogen-bond donors (Lipinski definition) is 1. The number of carbonyl (C=O) groups is 1. The first-order valence-corrected chi connectivity index (χ1v) is 8.50. The van der Waals surface area contributed by atoms with Gasteiger partial charge in [0.15, 0.2) is 0 Å². The fourth-order valence-electron chi connectivity index (χ4n) is 2.68. The first kappa shape index (κ1) is 15.1. The van der Waals surface area contributed by atoms with Gasteiger partial charge in [0, 0.05) is 30.7 Å². The Morgan fingerprint density at radius 3 is 3.14 bits per heavy atom. The molecule has 5 nitrogen and oxygen atoms in total. The molecule has 22 heavy (non-hydrogen) atoms. The molecule has 1 atom stereocenters. The lowest BCUT2D eigenvalue weighted by atomic mass is 10.2. The predicted octanol–water partition coefficient (Wildman–Crippen LogP) is 1.96. The van der Waals surface area contributed by atoms with Crippen molar-refractivity contribution < 1.29 is 4.79 Å². The molecule has 1 aliphatic heterocycles. The molecular formula is C16H20N4OS. The minimum Gasteiger partial charge on any atom is -0.352 e. The third-order valence-corrected chi connectivity index (χ3v) is 4.78. The Morgan fingerprint density at radius 1 is 1.50 bits per heavy atom. The zero-order chi connectivity index (χ0) is 15.4. The Balaban J connectivity index is 1.55. The lowest BCUT2D eigenvalue weighted by molar-refractivity contribution is -0.121. The third-order valence-electron chi connectivity index (χ3n) is 3.86. The van der Waals surface area contributed by atoms with E-state index in [0.717, 1.165) is 42.5 Å². The van der Waals surface area contributed by atoms with E-state index in [4.69, 9.17) is 0 Å². The minimum absolute atomic E-state index is 0.0563. The van der Waals surface area contributed by atoms with Crippen LogP contribution >= 0.6 is 11.3 Å². The molecule has 1 aliphatic rings. The summed E-state index contributed by atoms with van der Waals surface area (Å²) >= 11 is 1.53. The van der Waals surface area contributed by atoms with Gasteiger partial charge in [-0.3, -0.25) is 9.78 Å². The largest absolute Gasteiger partial charge is 0.352 e. The maximum Gasteiger partial charge on any atom is 0.226 e. The smallest absolute Gasteiger partial charge is 0.226 e. The molecule has 1 saturated heterocycles.